The van der Waals surface area contributed by atoms with Crippen LogP contribution in [0.2, 0.25) is 5.15 Å². The lowest BCUT2D eigenvalue weighted by Crippen LogP contribution is -2.26. The molecule has 2 rings (SSSR count). The first kappa shape index (κ1) is 15.8. The number of amides is 3. The lowest BCUT2D eigenvalue weighted by Gasteiger charge is -2.09. The molecule has 22 heavy (non-hydrogen) atoms. The molecule has 116 valence electrons. The maximum atomic E-state index is 11.8. The average molecular weight is 323 g/mol. The number of halogens is 1. The monoisotopic (exact) mass is 322 g/mol. The third-order valence-electron chi connectivity index (χ3n) is 2.67. The zero-order valence-electron chi connectivity index (χ0n) is 12.1. The zero-order chi connectivity index (χ0) is 16.1. The van der Waals surface area contributed by atoms with Crippen molar-refractivity contribution in [3.05, 3.63) is 35.9 Å². The summed E-state index contributed by atoms with van der Waals surface area (Å²) in [7, 11) is 3.33. The largest absolute Gasteiger partial charge is 0.347 e. The Morgan fingerprint density at radius 3 is 2.73 bits per heavy atom. The van der Waals surface area contributed by atoms with Crippen molar-refractivity contribution in [3.63, 3.8) is 0 Å². The Morgan fingerprint density at radius 2 is 2.05 bits per heavy atom. The zero-order valence-corrected chi connectivity index (χ0v) is 12.8. The van der Waals surface area contributed by atoms with E-state index in [1.165, 1.54) is 28.0 Å². The van der Waals surface area contributed by atoms with E-state index in [2.05, 4.69) is 20.7 Å². The molecule has 0 spiro atoms. The lowest BCUT2D eigenvalue weighted by atomic mass is 10.4. The predicted molar refractivity (Wildman–Crippen MR) is 82.8 cm³/mol. The molecule has 9 heteroatoms. The molecule has 0 saturated heterocycles. The summed E-state index contributed by atoms with van der Waals surface area (Å²) in [6.07, 6.45) is 4.52. The van der Waals surface area contributed by atoms with Crippen molar-refractivity contribution < 1.29 is 9.59 Å². The summed E-state index contributed by atoms with van der Waals surface area (Å²) >= 11 is 5.73. The molecule has 0 unspecified atom stereocenters. The van der Waals surface area contributed by atoms with Crippen molar-refractivity contribution >= 4 is 34.9 Å². The van der Waals surface area contributed by atoms with Crippen LogP contribution in [-0.2, 0) is 11.3 Å². The molecule has 0 aliphatic rings. The number of hydrogen-bond acceptors (Lipinski definition) is 4. The quantitative estimate of drug-likeness (QED) is 0.837. The van der Waals surface area contributed by atoms with Gasteiger partial charge < -0.3 is 15.5 Å². The van der Waals surface area contributed by atoms with Gasteiger partial charge in [0.2, 0.25) is 5.91 Å². The van der Waals surface area contributed by atoms with Gasteiger partial charge in [0.1, 0.15) is 11.7 Å². The van der Waals surface area contributed by atoms with E-state index in [0.717, 1.165) is 0 Å². The molecule has 8 nitrogen and oxygen atoms in total. The fraction of sp³-hybridized carbons (Fsp3) is 0.231. The molecule has 0 fully saturated rings. The molecule has 0 bridgehead atoms. The number of aromatic nitrogens is 3. The molecular weight excluding hydrogens is 308 g/mol. The van der Waals surface area contributed by atoms with Gasteiger partial charge in [-0.05, 0) is 12.1 Å². The Morgan fingerprint density at radius 1 is 1.32 bits per heavy atom. The van der Waals surface area contributed by atoms with Crippen LogP contribution in [0.25, 0.3) is 0 Å². The van der Waals surface area contributed by atoms with Crippen LogP contribution < -0.4 is 10.6 Å². The van der Waals surface area contributed by atoms with Gasteiger partial charge in [-0.3, -0.25) is 9.48 Å². The van der Waals surface area contributed by atoms with Gasteiger partial charge in [0.05, 0.1) is 11.9 Å². The summed E-state index contributed by atoms with van der Waals surface area (Å²) in [4.78, 5) is 28.7. The van der Waals surface area contributed by atoms with E-state index in [-0.39, 0.29) is 17.6 Å². The molecule has 0 aliphatic heterocycles. The molecule has 2 N–H and O–H groups in total. The number of anilines is 2. The highest BCUT2D eigenvalue weighted by atomic mass is 35.5. The Bertz CT molecular complexity index is 685. The minimum atomic E-state index is -0.444. The number of likely N-dealkylation sites (N-methyl/N-ethyl adjacent to an activating group) is 1. The fourth-order valence-electron chi connectivity index (χ4n) is 1.57. The van der Waals surface area contributed by atoms with E-state index >= 15 is 0 Å². The Hall–Kier alpha value is -2.61. The first-order valence-electron chi connectivity index (χ1n) is 6.36. The summed E-state index contributed by atoms with van der Waals surface area (Å²) in [5.41, 5.74) is 0.997. The summed E-state index contributed by atoms with van der Waals surface area (Å²) < 4.78 is 1.45. The normalized spacial score (nSPS) is 10.1. The molecule has 2 aromatic heterocycles. The van der Waals surface area contributed by atoms with Crippen LogP contribution in [0.4, 0.5) is 16.2 Å². The lowest BCUT2D eigenvalue weighted by molar-refractivity contribution is -0.129. The van der Waals surface area contributed by atoms with Gasteiger partial charge in [-0.1, -0.05) is 11.6 Å². The first-order chi connectivity index (χ1) is 10.4. The van der Waals surface area contributed by atoms with Gasteiger partial charge in [-0.15, -0.1) is 0 Å². The third-order valence-corrected chi connectivity index (χ3v) is 2.88. The second kappa shape index (κ2) is 6.90. The van der Waals surface area contributed by atoms with Crippen LogP contribution in [0.5, 0.6) is 0 Å². The third kappa shape index (κ3) is 4.45. The van der Waals surface area contributed by atoms with Crippen molar-refractivity contribution in [3.8, 4) is 0 Å². The van der Waals surface area contributed by atoms with E-state index in [9.17, 15) is 9.59 Å². The first-order valence-corrected chi connectivity index (χ1v) is 6.74. The van der Waals surface area contributed by atoms with E-state index in [0.29, 0.717) is 11.4 Å². The number of nitrogens with one attached hydrogen (secondary N) is 2. The molecule has 0 saturated carbocycles. The van der Waals surface area contributed by atoms with Crippen LogP contribution in [-0.4, -0.2) is 45.7 Å². The highest BCUT2D eigenvalue weighted by molar-refractivity contribution is 6.29. The smallest absolute Gasteiger partial charge is 0.323 e. The van der Waals surface area contributed by atoms with Crippen LogP contribution in [0.15, 0.2) is 30.7 Å². The SMILES string of the molecule is CN(C)C(=O)Cn1cc(NC(=O)Nc2ccnc(Cl)c2)cn1. The minimum absolute atomic E-state index is 0.0921. The molecule has 0 aliphatic carbocycles. The van der Waals surface area contributed by atoms with E-state index in [1.807, 2.05) is 0 Å². The Kier molecular flexibility index (Phi) is 4.95. The van der Waals surface area contributed by atoms with Gasteiger partial charge in [0, 0.05) is 32.2 Å². The number of rotatable bonds is 4. The van der Waals surface area contributed by atoms with Gasteiger partial charge >= 0.3 is 6.03 Å². The summed E-state index contributed by atoms with van der Waals surface area (Å²) in [6.45, 7) is 0.107. The van der Waals surface area contributed by atoms with Gasteiger partial charge in [0.15, 0.2) is 0 Å². The minimum Gasteiger partial charge on any atom is -0.347 e. The second-order valence-electron chi connectivity index (χ2n) is 4.66. The number of nitrogens with zero attached hydrogens (tertiary/aromatic N) is 4. The fourth-order valence-corrected chi connectivity index (χ4v) is 1.74. The highest BCUT2D eigenvalue weighted by Gasteiger charge is 2.08. The molecule has 0 atom stereocenters. The number of pyridine rings is 1. The molecule has 3 amide bonds. The maximum absolute atomic E-state index is 11.8. The van der Waals surface area contributed by atoms with E-state index in [4.69, 9.17) is 11.6 Å². The second-order valence-corrected chi connectivity index (χ2v) is 5.05. The summed E-state index contributed by atoms with van der Waals surface area (Å²) in [5.74, 6) is -0.0921. The Labute approximate surface area is 132 Å². The van der Waals surface area contributed by atoms with Crippen LogP contribution in [0.1, 0.15) is 0 Å². The molecule has 0 aromatic carbocycles. The van der Waals surface area contributed by atoms with E-state index < -0.39 is 6.03 Å². The van der Waals surface area contributed by atoms with E-state index in [1.54, 1.807) is 26.4 Å². The molecule has 2 heterocycles. The van der Waals surface area contributed by atoms with Crippen LogP contribution in [0, 0.1) is 0 Å². The van der Waals surface area contributed by atoms with Crippen molar-refractivity contribution in [1.29, 1.82) is 0 Å². The number of hydrogen-bond donors (Lipinski definition) is 2. The molecule has 0 radical (unpaired) electrons. The van der Waals surface area contributed by atoms with Crippen LogP contribution >= 0.6 is 11.6 Å². The Balaban J connectivity index is 1.92. The van der Waals surface area contributed by atoms with Gasteiger partial charge in [0.25, 0.3) is 0 Å². The summed E-state index contributed by atoms with van der Waals surface area (Å²) in [5, 5.41) is 9.52. The standard InChI is InChI=1S/C13H15ClN6O2/c1-19(2)12(21)8-20-7-10(6-16-20)18-13(22)17-9-3-4-15-11(14)5-9/h3-7H,8H2,1-2H3,(H2,15,17,18,22). The molecular formula is C13H15ClN6O2. The van der Waals surface area contributed by atoms with Crippen molar-refractivity contribution in [1.82, 2.24) is 19.7 Å². The number of carbonyl (C=O) groups excluding carboxylic acids is 2. The van der Waals surface area contributed by atoms with Crippen LogP contribution in [0.3, 0.4) is 0 Å². The van der Waals surface area contributed by atoms with Gasteiger partial charge in [-0.25, -0.2) is 9.78 Å². The maximum Gasteiger partial charge on any atom is 0.323 e. The van der Waals surface area contributed by atoms with Gasteiger partial charge in [-0.2, -0.15) is 5.10 Å². The predicted octanol–water partition coefficient (Wildman–Crippen LogP) is 1.66. The number of carbonyl (C=O) groups is 2. The topological polar surface area (TPSA) is 92.2 Å². The van der Waals surface area contributed by atoms with Crippen molar-refractivity contribution in [2.75, 3.05) is 24.7 Å². The van der Waals surface area contributed by atoms with Crippen molar-refractivity contribution in [2.24, 2.45) is 0 Å². The molecule has 2 aromatic rings. The number of urea groups is 1. The van der Waals surface area contributed by atoms with Crippen molar-refractivity contribution in [2.45, 2.75) is 6.54 Å². The highest BCUT2D eigenvalue weighted by Crippen LogP contribution is 2.12. The summed E-state index contributed by atoms with van der Waals surface area (Å²) in [6, 6.07) is 2.70. The average Bonchev–Trinajstić information content (AvgIpc) is 2.85.